The van der Waals surface area contributed by atoms with E-state index >= 15 is 0 Å². The van der Waals surface area contributed by atoms with Gasteiger partial charge in [-0.1, -0.05) is 12.1 Å². The number of fused-ring (bicyclic) bond motifs is 1. The standard InChI is InChI=1S/C24H30N4O3/c1-6-30-23-13-19(14-26-27-16-25-20-9-7-8-10-21(20)27)11-12-22(23)31-15-24(29)28(17(2)3)18(4)5/h7-14,16-18H,6,15H2,1-5H3/b26-14-. The Balaban J connectivity index is 1.75. The Labute approximate surface area is 183 Å². The van der Waals surface area contributed by atoms with Gasteiger partial charge in [0.25, 0.3) is 5.91 Å². The van der Waals surface area contributed by atoms with Crippen LogP contribution in [0.25, 0.3) is 11.0 Å². The fourth-order valence-corrected chi connectivity index (χ4v) is 3.55. The second-order valence-corrected chi connectivity index (χ2v) is 7.74. The van der Waals surface area contributed by atoms with Gasteiger partial charge in [0.1, 0.15) is 6.33 Å². The summed E-state index contributed by atoms with van der Waals surface area (Å²) in [6.07, 6.45) is 3.42. The molecule has 7 nitrogen and oxygen atoms in total. The van der Waals surface area contributed by atoms with E-state index in [2.05, 4.69) is 10.1 Å². The Hall–Kier alpha value is -3.35. The van der Waals surface area contributed by atoms with Crippen molar-refractivity contribution >= 4 is 23.2 Å². The molecule has 3 aromatic rings. The molecule has 0 spiro atoms. The molecular formula is C24H30N4O3. The van der Waals surface area contributed by atoms with Crippen LogP contribution in [-0.4, -0.2) is 52.0 Å². The maximum absolute atomic E-state index is 12.6. The highest BCUT2D eigenvalue weighted by Crippen LogP contribution is 2.28. The number of ether oxygens (including phenoxy) is 2. The first-order chi connectivity index (χ1) is 14.9. The van der Waals surface area contributed by atoms with Crippen molar-refractivity contribution in [2.24, 2.45) is 5.10 Å². The van der Waals surface area contributed by atoms with Crippen molar-refractivity contribution in [2.75, 3.05) is 13.2 Å². The zero-order valence-corrected chi connectivity index (χ0v) is 18.8. The lowest BCUT2D eigenvalue weighted by Gasteiger charge is -2.30. The Morgan fingerprint density at radius 1 is 1.10 bits per heavy atom. The normalized spacial score (nSPS) is 11.6. The fourth-order valence-electron chi connectivity index (χ4n) is 3.55. The number of carbonyl (C=O) groups is 1. The van der Waals surface area contributed by atoms with Crippen LogP contribution in [0.2, 0.25) is 0 Å². The molecule has 0 fully saturated rings. The summed E-state index contributed by atoms with van der Waals surface area (Å²) in [6, 6.07) is 13.6. The van der Waals surface area contributed by atoms with Crippen LogP contribution in [0.15, 0.2) is 53.9 Å². The number of hydrogen-bond donors (Lipinski definition) is 0. The van der Waals surface area contributed by atoms with Crippen molar-refractivity contribution in [1.29, 1.82) is 0 Å². The molecule has 0 radical (unpaired) electrons. The number of benzene rings is 2. The predicted octanol–water partition coefficient (Wildman–Crippen LogP) is 4.34. The second-order valence-electron chi connectivity index (χ2n) is 7.74. The molecule has 0 saturated heterocycles. The van der Waals surface area contributed by atoms with Gasteiger partial charge in [-0.15, -0.1) is 0 Å². The van der Waals surface area contributed by atoms with Crippen molar-refractivity contribution < 1.29 is 14.3 Å². The number of aromatic nitrogens is 2. The summed E-state index contributed by atoms with van der Waals surface area (Å²) in [6.45, 7) is 10.4. The van der Waals surface area contributed by atoms with E-state index in [1.54, 1.807) is 23.3 Å². The van der Waals surface area contributed by atoms with Crippen LogP contribution in [0.3, 0.4) is 0 Å². The summed E-state index contributed by atoms with van der Waals surface area (Å²) in [5.41, 5.74) is 2.67. The van der Waals surface area contributed by atoms with E-state index in [0.29, 0.717) is 18.1 Å². The number of amides is 1. The molecule has 3 rings (SSSR count). The van der Waals surface area contributed by atoms with Crippen molar-refractivity contribution in [1.82, 2.24) is 14.6 Å². The highest BCUT2D eigenvalue weighted by Gasteiger charge is 2.21. The minimum Gasteiger partial charge on any atom is -0.490 e. The number of nitrogens with zero attached hydrogens (tertiary/aromatic N) is 4. The van der Waals surface area contributed by atoms with Crippen LogP contribution < -0.4 is 9.47 Å². The Kier molecular flexibility index (Phi) is 7.28. The highest BCUT2D eigenvalue weighted by molar-refractivity contribution is 5.82. The molecule has 164 valence electrons. The summed E-state index contributed by atoms with van der Waals surface area (Å²) in [5.74, 6) is 1.06. The molecule has 0 saturated carbocycles. The molecule has 0 bridgehead atoms. The number of imidazole rings is 1. The summed E-state index contributed by atoms with van der Waals surface area (Å²) >= 11 is 0. The zero-order chi connectivity index (χ0) is 22.4. The van der Waals surface area contributed by atoms with Crippen LogP contribution in [0.5, 0.6) is 11.5 Å². The largest absolute Gasteiger partial charge is 0.490 e. The first kappa shape index (κ1) is 22.3. The van der Waals surface area contributed by atoms with E-state index in [1.807, 2.05) is 75.9 Å². The second kappa shape index (κ2) is 10.1. The van der Waals surface area contributed by atoms with Crippen LogP contribution in [-0.2, 0) is 4.79 Å². The van der Waals surface area contributed by atoms with Gasteiger partial charge in [0, 0.05) is 12.1 Å². The summed E-state index contributed by atoms with van der Waals surface area (Å²) in [7, 11) is 0. The molecule has 0 N–H and O–H groups in total. The molecule has 0 aliphatic carbocycles. The fraction of sp³-hybridized carbons (Fsp3) is 0.375. The van der Waals surface area contributed by atoms with E-state index in [9.17, 15) is 4.79 Å². The van der Waals surface area contributed by atoms with Crippen LogP contribution in [0.1, 0.15) is 40.2 Å². The van der Waals surface area contributed by atoms with Crippen LogP contribution in [0.4, 0.5) is 0 Å². The van der Waals surface area contributed by atoms with Gasteiger partial charge in [0.2, 0.25) is 0 Å². The third-order valence-electron chi connectivity index (χ3n) is 4.79. The van der Waals surface area contributed by atoms with Gasteiger partial charge in [-0.05, 0) is 70.5 Å². The molecule has 7 heteroatoms. The lowest BCUT2D eigenvalue weighted by atomic mass is 10.2. The van der Waals surface area contributed by atoms with E-state index in [4.69, 9.17) is 9.47 Å². The van der Waals surface area contributed by atoms with Gasteiger partial charge < -0.3 is 14.4 Å². The predicted molar refractivity (Wildman–Crippen MR) is 123 cm³/mol. The molecule has 0 atom stereocenters. The molecule has 0 unspecified atom stereocenters. The van der Waals surface area contributed by atoms with Crippen molar-refractivity contribution in [3.63, 3.8) is 0 Å². The Morgan fingerprint density at radius 3 is 2.55 bits per heavy atom. The molecule has 1 amide bonds. The van der Waals surface area contributed by atoms with Gasteiger partial charge in [-0.2, -0.15) is 5.10 Å². The summed E-state index contributed by atoms with van der Waals surface area (Å²) in [4.78, 5) is 18.8. The Morgan fingerprint density at radius 2 is 1.84 bits per heavy atom. The van der Waals surface area contributed by atoms with E-state index in [0.717, 1.165) is 16.6 Å². The van der Waals surface area contributed by atoms with Gasteiger partial charge >= 0.3 is 0 Å². The van der Waals surface area contributed by atoms with Crippen molar-refractivity contribution in [2.45, 2.75) is 46.7 Å². The molecule has 0 aliphatic rings. The van der Waals surface area contributed by atoms with Crippen molar-refractivity contribution in [3.8, 4) is 11.5 Å². The zero-order valence-electron chi connectivity index (χ0n) is 18.8. The average Bonchev–Trinajstić information content (AvgIpc) is 3.14. The van der Waals surface area contributed by atoms with E-state index < -0.39 is 0 Å². The summed E-state index contributed by atoms with van der Waals surface area (Å²) < 4.78 is 13.3. The van der Waals surface area contributed by atoms with Gasteiger partial charge in [0.15, 0.2) is 18.1 Å². The molecule has 31 heavy (non-hydrogen) atoms. The van der Waals surface area contributed by atoms with E-state index in [1.165, 1.54) is 0 Å². The van der Waals surface area contributed by atoms with Gasteiger partial charge in [-0.25, -0.2) is 9.66 Å². The number of carbonyl (C=O) groups excluding carboxylic acids is 1. The monoisotopic (exact) mass is 422 g/mol. The SMILES string of the molecule is CCOc1cc(/C=N\n2cnc3ccccc32)ccc1OCC(=O)N(C(C)C)C(C)C. The van der Waals surface area contributed by atoms with Crippen molar-refractivity contribution in [3.05, 3.63) is 54.4 Å². The minimum atomic E-state index is -0.0509. The average molecular weight is 423 g/mol. The van der Waals surface area contributed by atoms with Crippen LogP contribution >= 0.6 is 0 Å². The smallest absolute Gasteiger partial charge is 0.260 e. The molecule has 2 aromatic carbocycles. The molecule has 1 heterocycles. The molecule has 0 aliphatic heterocycles. The molecular weight excluding hydrogens is 392 g/mol. The number of rotatable bonds is 9. The number of para-hydroxylation sites is 2. The summed E-state index contributed by atoms with van der Waals surface area (Å²) in [5, 5.41) is 4.50. The minimum absolute atomic E-state index is 0.0368. The lowest BCUT2D eigenvalue weighted by molar-refractivity contribution is -0.137. The first-order valence-electron chi connectivity index (χ1n) is 10.6. The number of hydrogen-bond acceptors (Lipinski definition) is 5. The van der Waals surface area contributed by atoms with E-state index in [-0.39, 0.29) is 24.6 Å². The maximum atomic E-state index is 12.6. The topological polar surface area (TPSA) is 69.0 Å². The first-order valence-corrected chi connectivity index (χ1v) is 10.6. The highest BCUT2D eigenvalue weighted by atomic mass is 16.5. The molecule has 1 aromatic heterocycles. The third-order valence-corrected chi connectivity index (χ3v) is 4.79. The quantitative estimate of drug-likeness (QED) is 0.481. The third kappa shape index (κ3) is 5.42. The van der Waals surface area contributed by atoms with Gasteiger partial charge in [-0.3, -0.25) is 4.79 Å². The maximum Gasteiger partial charge on any atom is 0.260 e. The Bertz CT molecular complexity index is 1050. The lowest BCUT2D eigenvalue weighted by Crippen LogP contribution is -2.44. The van der Waals surface area contributed by atoms with Crippen LogP contribution in [0, 0.1) is 0 Å². The van der Waals surface area contributed by atoms with Gasteiger partial charge in [0.05, 0.1) is 23.9 Å².